The van der Waals surface area contributed by atoms with Crippen LogP contribution in [0.25, 0.3) is 0 Å². The number of hydrogen-bond donors (Lipinski definition) is 1. The fraction of sp³-hybridized carbons (Fsp3) is 1.00. The quantitative estimate of drug-likeness (QED) is 0.756. The van der Waals surface area contributed by atoms with Gasteiger partial charge in [-0.3, -0.25) is 0 Å². The van der Waals surface area contributed by atoms with Crippen LogP contribution >= 0.6 is 24.8 Å². The molecule has 0 aromatic heterocycles. The minimum absolute atomic E-state index is 0. The van der Waals surface area contributed by atoms with Crippen molar-refractivity contribution in [3.8, 4) is 0 Å². The average molecular weight is 241 g/mol. The van der Waals surface area contributed by atoms with Gasteiger partial charge >= 0.3 is 0 Å². The summed E-state index contributed by atoms with van der Waals surface area (Å²) in [5, 5.41) is 3.47. The molecule has 2 aliphatic heterocycles. The van der Waals surface area contributed by atoms with Crippen LogP contribution in [-0.2, 0) is 0 Å². The van der Waals surface area contributed by atoms with E-state index < -0.39 is 0 Å². The van der Waals surface area contributed by atoms with Crippen LogP contribution in [0.2, 0.25) is 0 Å². The number of nitrogens with zero attached hydrogens (tertiary/aromatic N) is 1. The van der Waals surface area contributed by atoms with E-state index in [2.05, 4.69) is 10.2 Å². The highest BCUT2D eigenvalue weighted by Gasteiger charge is 2.21. The largest absolute Gasteiger partial charge is 0.317 e. The number of nitrogens with one attached hydrogen (secondary N) is 1. The zero-order valence-corrected chi connectivity index (χ0v) is 10.3. The third kappa shape index (κ3) is 3.93. The summed E-state index contributed by atoms with van der Waals surface area (Å²) in [6, 6.07) is 0.905. The van der Waals surface area contributed by atoms with Crippen molar-refractivity contribution in [2.75, 3.05) is 26.2 Å². The predicted molar refractivity (Wildman–Crippen MR) is 65.8 cm³/mol. The Kier molecular flexibility index (Phi) is 8.02. The fourth-order valence-corrected chi connectivity index (χ4v) is 2.47. The third-order valence-electron chi connectivity index (χ3n) is 3.20. The first-order valence-electron chi connectivity index (χ1n) is 5.41. The van der Waals surface area contributed by atoms with Crippen LogP contribution in [0, 0.1) is 0 Å². The Morgan fingerprint density at radius 1 is 0.857 bits per heavy atom. The number of rotatable bonds is 1. The van der Waals surface area contributed by atoms with Gasteiger partial charge in [0, 0.05) is 6.04 Å². The lowest BCUT2D eigenvalue weighted by Crippen LogP contribution is -2.33. The molecular weight excluding hydrogens is 219 g/mol. The Bertz CT molecular complexity index is 130. The first-order chi connectivity index (χ1) is 5.97. The molecule has 0 aliphatic carbocycles. The minimum Gasteiger partial charge on any atom is -0.317 e. The SMILES string of the molecule is C1CNCCC(N2CCCC2)C1.Cl.Cl. The molecule has 0 bridgehead atoms. The maximum absolute atomic E-state index is 3.47. The first-order valence-corrected chi connectivity index (χ1v) is 5.41. The van der Waals surface area contributed by atoms with E-state index in [0.717, 1.165) is 6.04 Å². The third-order valence-corrected chi connectivity index (χ3v) is 3.20. The molecule has 4 heteroatoms. The molecule has 2 aliphatic rings. The first kappa shape index (κ1) is 14.5. The summed E-state index contributed by atoms with van der Waals surface area (Å²) in [4.78, 5) is 2.70. The number of halogens is 2. The molecule has 1 N–H and O–H groups in total. The standard InChI is InChI=1S/C10H20N2.2ClH/c1-2-9-12(8-1)10-4-3-6-11-7-5-10;;/h10-11H,1-9H2;2*1H. The van der Waals surface area contributed by atoms with Crippen molar-refractivity contribution in [3.05, 3.63) is 0 Å². The Balaban J connectivity index is 0.000000845. The highest BCUT2D eigenvalue weighted by molar-refractivity contribution is 5.85. The molecule has 1 unspecified atom stereocenters. The zero-order valence-electron chi connectivity index (χ0n) is 8.71. The minimum atomic E-state index is 0. The van der Waals surface area contributed by atoms with E-state index in [-0.39, 0.29) is 24.8 Å². The second-order valence-corrected chi connectivity index (χ2v) is 4.08. The summed E-state index contributed by atoms with van der Waals surface area (Å²) in [6.07, 6.45) is 7.04. The molecule has 2 rings (SSSR count). The number of hydrogen-bond acceptors (Lipinski definition) is 2. The molecule has 0 aromatic rings. The van der Waals surface area contributed by atoms with Crippen LogP contribution in [-0.4, -0.2) is 37.1 Å². The summed E-state index contributed by atoms with van der Waals surface area (Å²) in [7, 11) is 0. The van der Waals surface area contributed by atoms with Gasteiger partial charge in [0.1, 0.15) is 0 Å². The molecular formula is C10H22Cl2N2. The van der Waals surface area contributed by atoms with E-state index >= 15 is 0 Å². The summed E-state index contributed by atoms with van der Waals surface area (Å²) in [5.74, 6) is 0. The van der Waals surface area contributed by atoms with Gasteiger partial charge in [0.15, 0.2) is 0 Å². The van der Waals surface area contributed by atoms with E-state index in [4.69, 9.17) is 0 Å². The van der Waals surface area contributed by atoms with Gasteiger partial charge in [0.2, 0.25) is 0 Å². The maximum Gasteiger partial charge on any atom is 0.0108 e. The molecule has 2 fully saturated rings. The van der Waals surface area contributed by atoms with Crippen molar-refractivity contribution in [3.63, 3.8) is 0 Å². The van der Waals surface area contributed by atoms with Crippen molar-refractivity contribution in [1.29, 1.82) is 0 Å². The lowest BCUT2D eigenvalue weighted by atomic mass is 10.1. The van der Waals surface area contributed by atoms with Crippen LogP contribution in [0.3, 0.4) is 0 Å². The highest BCUT2D eigenvalue weighted by Crippen LogP contribution is 2.18. The van der Waals surface area contributed by atoms with E-state index in [1.807, 2.05) is 0 Å². The van der Waals surface area contributed by atoms with Crippen LogP contribution < -0.4 is 5.32 Å². The monoisotopic (exact) mass is 240 g/mol. The van der Waals surface area contributed by atoms with Crippen molar-refractivity contribution in [2.45, 2.75) is 38.1 Å². The molecule has 0 amide bonds. The molecule has 2 nitrogen and oxygen atoms in total. The van der Waals surface area contributed by atoms with E-state index in [1.54, 1.807) is 0 Å². The van der Waals surface area contributed by atoms with Crippen molar-refractivity contribution >= 4 is 24.8 Å². The average Bonchev–Trinajstić information content (AvgIpc) is 2.48. The van der Waals surface area contributed by atoms with Crippen LogP contribution in [0.4, 0.5) is 0 Å². The molecule has 0 spiro atoms. The van der Waals surface area contributed by atoms with Gasteiger partial charge in [-0.1, -0.05) is 0 Å². The second kappa shape index (κ2) is 7.75. The Morgan fingerprint density at radius 3 is 2.29 bits per heavy atom. The molecule has 0 aromatic carbocycles. The molecule has 14 heavy (non-hydrogen) atoms. The lowest BCUT2D eigenvalue weighted by Gasteiger charge is -2.25. The topological polar surface area (TPSA) is 15.3 Å². The Hall–Kier alpha value is 0.500. The van der Waals surface area contributed by atoms with Crippen LogP contribution in [0.5, 0.6) is 0 Å². The molecule has 0 radical (unpaired) electrons. The molecule has 2 heterocycles. The molecule has 0 saturated carbocycles. The van der Waals surface area contributed by atoms with Gasteiger partial charge in [-0.2, -0.15) is 0 Å². The van der Waals surface area contributed by atoms with Gasteiger partial charge in [0.05, 0.1) is 0 Å². The Morgan fingerprint density at radius 2 is 1.57 bits per heavy atom. The Labute approximate surface area is 99.6 Å². The van der Waals surface area contributed by atoms with Crippen molar-refractivity contribution < 1.29 is 0 Å². The van der Waals surface area contributed by atoms with E-state index in [1.165, 1.54) is 58.3 Å². The van der Waals surface area contributed by atoms with Gasteiger partial charge in [-0.25, -0.2) is 0 Å². The van der Waals surface area contributed by atoms with Crippen molar-refractivity contribution in [2.24, 2.45) is 0 Å². The normalized spacial score (nSPS) is 28.7. The maximum atomic E-state index is 3.47. The lowest BCUT2D eigenvalue weighted by molar-refractivity contribution is 0.225. The summed E-state index contributed by atoms with van der Waals surface area (Å²) >= 11 is 0. The van der Waals surface area contributed by atoms with Gasteiger partial charge in [-0.05, 0) is 58.3 Å². The fourth-order valence-electron chi connectivity index (χ4n) is 2.47. The second-order valence-electron chi connectivity index (χ2n) is 4.08. The smallest absolute Gasteiger partial charge is 0.0108 e. The summed E-state index contributed by atoms with van der Waals surface area (Å²) in [6.45, 7) is 5.21. The van der Waals surface area contributed by atoms with E-state index in [0.29, 0.717) is 0 Å². The summed E-state index contributed by atoms with van der Waals surface area (Å²) in [5.41, 5.74) is 0. The molecule has 2 saturated heterocycles. The summed E-state index contributed by atoms with van der Waals surface area (Å²) < 4.78 is 0. The van der Waals surface area contributed by atoms with Crippen LogP contribution in [0.15, 0.2) is 0 Å². The van der Waals surface area contributed by atoms with Crippen molar-refractivity contribution in [1.82, 2.24) is 10.2 Å². The molecule has 86 valence electrons. The van der Waals surface area contributed by atoms with Gasteiger partial charge in [0.25, 0.3) is 0 Å². The number of likely N-dealkylation sites (tertiary alicyclic amines) is 1. The van der Waals surface area contributed by atoms with Crippen LogP contribution in [0.1, 0.15) is 32.1 Å². The molecule has 1 atom stereocenters. The van der Waals surface area contributed by atoms with Gasteiger partial charge in [-0.15, -0.1) is 24.8 Å². The van der Waals surface area contributed by atoms with E-state index in [9.17, 15) is 0 Å². The van der Waals surface area contributed by atoms with Gasteiger partial charge < -0.3 is 10.2 Å². The zero-order chi connectivity index (χ0) is 8.23. The highest BCUT2D eigenvalue weighted by atomic mass is 35.5. The predicted octanol–water partition coefficient (Wildman–Crippen LogP) is 2.07.